The van der Waals surface area contributed by atoms with Gasteiger partial charge < -0.3 is 10.1 Å². The van der Waals surface area contributed by atoms with Crippen LogP contribution in [0.5, 0.6) is 0 Å². The highest BCUT2D eigenvalue weighted by Gasteiger charge is 2.33. The topological polar surface area (TPSA) is 70.7 Å². The van der Waals surface area contributed by atoms with E-state index in [1.54, 1.807) is 4.31 Å². The van der Waals surface area contributed by atoms with Gasteiger partial charge in [-0.2, -0.15) is 17.4 Å². The first-order valence-electron chi connectivity index (χ1n) is 8.21. The zero-order chi connectivity index (χ0) is 15.1. The summed E-state index contributed by atoms with van der Waals surface area (Å²) < 4.78 is 35.1. The molecule has 2 rings (SSSR count). The Morgan fingerprint density at radius 2 is 2.10 bits per heavy atom. The molecule has 21 heavy (non-hydrogen) atoms. The second-order valence-corrected chi connectivity index (χ2v) is 7.66. The molecule has 6 nitrogen and oxygen atoms in total. The van der Waals surface area contributed by atoms with E-state index in [2.05, 4.69) is 17.0 Å². The van der Waals surface area contributed by atoms with Crippen LogP contribution in [0.3, 0.4) is 0 Å². The summed E-state index contributed by atoms with van der Waals surface area (Å²) in [7, 11) is -3.41. The molecule has 0 aromatic rings. The number of piperidine rings is 1. The summed E-state index contributed by atoms with van der Waals surface area (Å²) in [5.74, 6) is 0. The van der Waals surface area contributed by atoms with E-state index in [9.17, 15) is 8.42 Å². The number of ether oxygens (including phenoxy) is 1. The highest BCUT2D eigenvalue weighted by molar-refractivity contribution is 7.87. The van der Waals surface area contributed by atoms with Gasteiger partial charge in [0.15, 0.2) is 0 Å². The van der Waals surface area contributed by atoms with Crippen molar-refractivity contribution in [3.8, 4) is 0 Å². The van der Waals surface area contributed by atoms with E-state index in [1.165, 1.54) is 0 Å². The van der Waals surface area contributed by atoms with Gasteiger partial charge in [0.2, 0.25) is 0 Å². The van der Waals surface area contributed by atoms with Gasteiger partial charge in [-0.25, -0.2) is 0 Å². The van der Waals surface area contributed by atoms with Crippen molar-refractivity contribution in [3.63, 3.8) is 0 Å². The molecule has 124 valence electrons. The van der Waals surface area contributed by atoms with Crippen LogP contribution < -0.4 is 10.0 Å². The molecule has 2 aliphatic rings. The molecule has 0 aliphatic carbocycles. The van der Waals surface area contributed by atoms with Gasteiger partial charge in [0.1, 0.15) is 0 Å². The molecule has 0 radical (unpaired) electrons. The quantitative estimate of drug-likeness (QED) is 0.683. The molecule has 2 unspecified atom stereocenters. The van der Waals surface area contributed by atoms with Crippen molar-refractivity contribution in [2.24, 2.45) is 0 Å². The minimum atomic E-state index is -3.41. The number of nitrogens with zero attached hydrogens (tertiary/aromatic N) is 1. The second kappa shape index (κ2) is 8.43. The van der Waals surface area contributed by atoms with E-state index >= 15 is 0 Å². The average molecular weight is 319 g/mol. The largest absolute Gasteiger partial charge is 0.380 e. The fourth-order valence-corrected chi connectivity index (χ4v) is 4.74. The molecular formula is C14H29N3O3S. The first-order chi connectivity index (χ1) is 10.1. The SMILES string of the molecule is CCCNCC1CCCCN1S(=O)(=O)NC1CCCOC1. The monoisotopic (exact) mass is 319 g/mol. The Balaban J connectivity index is 1.93. The molecule has 2 fully saturated rings. The lowest BCUT2D eigenvalue weighted by atomic mass is 10.1. The summed E-state index contributed by atoms with van der Waals surface area (Å²) in [6.45, 7) is 5.66. The van der Waals surface area contributed by atoms with E-state index in [-0.39, 0.29) is 12.1 Å². The second-order valence-electron chi connectivity index (χ2n) is 6.00. The van der Waals surface area contributed by atoms with E-state index in [4.69, 9.17) is 4.74 Å². The summed E-state index contributed by atoms with van der Waals surface area (Å²) >= 11 is 0. The summed E-state index contributed by atoms with van der Waals surface area (Å²) in [4.78, 5) is 0. The van der Waals surface area contributed by atoms with E-state index in [0.29, 0.717) is 13.2 Å². The average Bonchev–Trinajstić information content (AvgIpc) is 2.48. The van der Waals surface area contributed by atoms with Crippen LogP contribution in [-0.4, -0.2) is 57.7 Å². The zero-order valence-electron chi connectivity index (χ0n) is 13.0. The standard InChI is InChI=1S/C14H29N3O3S/c1-2-8-15-11-14-7-3-4-9-17(14)21(18,19)16-13-6-5-10-20-12-13/h13-16H,2-12H2,1H3. The lowest BCUT2D eigenvalue weighted by Gasteiger charge is -2.36. The normalized spacial score (nSPS) is 28.6. The highest BCUT2D eigenvalue weighted by atomic mass is 32.2. The van der Waals surface area contributed by atoms with Crippen molar-refractivity contribution in [3.05, 3.63) is 0 Å². The smallest absolute Gasteiger partial charge is 0.280 e. The van der Waals surface area contributed by atoms with Crippen LogP contribution in [0.15, 0.2) is 0 Å². The Labute approximate surface area is 128 Å². The van der Waals surface area contributed by atoms with Gasteiger partial charge in [0.05, 0.1) is 6.61 Å². The molecule has 0 amide bonds. The number of nitrogens with one attached hydrogen (secondary N) is 2. The fraction of sp³-hybridized carbons (Fsp3) is 1.00. The zero-order valence-corrected chi connectivity index (χ0v) is 13.8. The van der Waals surface area contributed by atoms with Crippen molar-refractivity contribution in [1.29, 1.82) is 0 Å². The van der Waals surface area contributed by atoms with Gasteiger partial charge >= 0.3 is 0 Å². The molecule has 7 heteroatoms. The Morgan fingerprint density at radius 1 is 1.24 bits per heavy atom. The minimum absolute atomic E-state index is 0.0741. The lowest BCUT2D eigenvalue weighted by Crippen LogP contribution is -2.55. The van der Waals surface area contributed by atoms with Crippen molar-refractivity contribution >= 4 is 10.2 Å². The lowest BCUT2D eigenvalue weighted by molar-refractivity contribution is 0.0764. The molecule has 0 spiro atoms. The van der Waals surface area contributed by atoms with Crippen LogP contribution in [0.2, 0.25) is 0 Å². The molecule has 2 heterocycles. The third kappa shape index (κ3) is 5.17. The van der Waals surface area contributed by atoms with Gasteiger partial charge in [-0.05, 0) is 38.6 Å². The van der Waals surface area contributed by atoms with Crippen LogP contribution in [0.4, 0.5) is 0 Å². The molecule has 2 N–H and O–H groups in total. The maximum absolute atomic E-state index is 12.6. The predicted octanol–water partition coefficient (Wildman–Crippen LogP) is 0.854. The summed E-state index contributed by atoms with van der Waals surface area (Å²) in [6.07, 6.45) is 5.86. The van der Waals surface area contributed by atoms with Gasteiger partial charge in [0, 0.05) is 31.8 Å². The molecule has 2 aliphatic heterocycles. The van der Waals surface area contributed by atoms with Gasteiger partial charge in [0.25, 0.3) is 10.2 Å². The van der Waals surface area contributed by atoms with Crippen LogP contribution in [0.1, 0.15) is 45.4 Å². The van der Waals surface area contributed by atoms with Crippen molar-refractivity contribution in [2.75, 3.05) is 32.8 Å². The number of hydrogen-bond acceptors (Lipinski definition) is 4. The van der Waals surface area contributed by atoms with E-state index in [1.807, 2.05) is 0 Å². The molecule has 0 bridgehead atoms. The molecule has 0 aromatic carbocycles. The first kappa shape index (κ1) is 17.1. The number of hydrogen-bond donors (Lipinski definition) is 2. The van der Waals surface area contributed by atoms with Crippen molar-refractivity contribution in [1.82, 2.24) is 14.3 Å². The number of rotatable bonds is 7. The first-order valence-corrected chi connectivity index (χ1v) is 9.65. The molecule has 0 aromatic heterocycles. The fourth-order valence-electron chi connectivity index (χ4n) is 3.05. The molecule has 2 atom stereocenters. The Morgan fingerprint density at radius 3 is 2.81 bits per heavy atom. The summed E-state index contributed by atoms with van der Waals surface area (Å²) in [6, 6.07) is 0.00207. The van der Waals surface area contributed by atoms with E-state index < -0.39 is 10.2 Å². The van der Waals surface area contributed by atoms with Gasteiger partial charge in [-0.15, -0.1) is 0 Å². The Bertz CT molecular complexity index is 396. The third-order valence-corrected chi connectivity index (χ3v) is 5.89. The summed E-state index contributed by atoms with van der Waals surface area (Å²) in [5.41, 5.74) is 0. The van der Waals surface area contributed by atoms with Gasteiger partial charge in [-0.3, -0.25) is 0 Å². The maximum Gasteiger partial charge on any atom is 0.280 e. The molecule has 2 saturated heterocycles. The highest BCUT2D eigenvalue weighted by Crippen LogP contribution is 2.20. The molecular weight excluding hydrogens is 290 g/mol. The maximum atomic E-state index is 12.6. The van der Waals surface area contributed by atoms with Gasteiger partial charge in [-0.1, -0.05) is 13.3 Å². The Hall–Kier alpha value is -0.210. The van der Waals surface area contributed by atoms with Crippen LogP contribution >= 0.6 is 0 Å². The molecule has 0 saturated carbocycles. The van der Waals surface area contributed by atoms with Crippen LogP contribution in [0.25, 0.3) is 0 Å². The van der Waals surface area contributed by atoms with Crippen LogP contribution in [0, 0.1) is 0 Å². The van der Waals surface area contributed by atoms with E-state index in [0.717, 1.165) is 58.2 Å². The predicted molar refractivity (Wildman–Crippen MR) is 83.4 cm³/mol. The third-order valence-electron chi connectivity index (χ3n) is 4.16. The Kier molecular flexibility index (Phi) is 6.88. The minimum Gasteiger partial charge on any atom is -0.380 e. The summed E-state index contributed by atoms with van der Waals surface area (Å²) in [5, 5.41) is 3.35. The van der Waals surface area contributed by atoms with Crippen LogP contribution in [-0.2, 0) is 14.9 Å². The van der Waals surface area contributed by atoms with Crippen molar-refractivity contribution < 1.29 is 13.2 Å². The van der Waals surface area contributed by atoms with Crippen molar-refractivity contribution in [2.45, 2.75) is 57.5 Å².